The molecular weight excluding hydrogens is 339 g/mol. The van der Waals surface area contributed by atoms with Gasteiger partial charge >= 0.3 is 0 Å². The topological polar surface area (TPSA) is 76.7 Å². The Balaban J connectivity index is 1.75. The molecule has 0 spiro atoms. The van der Waals surface area contributed by atoms with Gasteiger partial charge in [0.05, 0.1) is 7.11 Å². The highest BCUT2D eigenvalue weighted by molar-refractivity contribution is 5.84. The Morgan fingerprint density at radius 2 is 1.88 bits per heavy atom. The Morgan fingerprint density at radius 3 is 2.62 bits per heavy atom. The maximum Gasteiger partial charge on any atom is 0.279 e. The number of rotatable bonds is 7. The van der Waals surface area contributed by atoms with E-state index in [-0.39, 0.29) is 18.1 Å². The van der Waals surface area contributed by atoms with Crippen molar-refractivity contribution in [3.8, 4) is 11.5 Å². The zero-order valence-corrected chi connectivity index (χ0v) is 14.6. The fourth-order valence-corrected chi connectivity index (χ4v) is 2.17. The number of halogens is 1. The number of hydrogen-bond acceptors (Lipinski definition) is 4. The first kappa shape index (κ1) is 19.2. The van der Waals surface area contributed by atoms with E-state index in [4.69, 9.17) is 9.47 Å². The lowest BCUT2D eigenvalue weighted by molar-refractivity contribution is -0.132. The van der Waals surface area contributed by atoms with Crippen molar-refractivity contribution >= 4 is 11.8 Å². The SMILES string of the molecule is COc1cccc(CCC(=O)NNC(=O)C(C)Oc2ccccc2F)c1. The van der Waals surface area contributed by atoms with Crippen LogP contribution in [0.4, 0.5) is 4.39 Å². The van der Waals surface area contributed by atoms with Gasteiger partial charge in [-0.05, 0) is 43.2 Å². The number of hydrogen-bond donors (Lipinski definition) is 2. The van der Waals surface area contributed by atoms with Gasteiger partial charge in [0.2, 0.25) is 5.91 Å². The molecule has 2 N–H and O–H groups in total. The molecule has 2 aromatic carbocycles. The number of benzene rings is 2. The van der Waals surface area contributed by atoms with Crippen molar-refractivity contribution in [3.05, 3.63) is 59.9 Å². The Labute approximate surface area is 151 Å². The van der Waals surface area contributed by atoms with Crippen LogP contribution >= 0.6 is 0 Å². The molecule has 0 saturated carbocycles. The zero-order valence-electron chi connectivity index (χ0n) is 14.6. The summed E-state index contributed by atoms with van der Waals surface area (Å²) >= 11 is 0. The highest BCUT2D eigenvalue weighted by Crippen LogP contribution is 2.17. The van der Waals surface area contributed by atoms with Crippen molar-refractivity contribution in [1.82, 2.24) is 10.9 Å². The van der Waals surface area contributed by atoms with Crippen LogP contribution in [0.3, 0.4) is 0 Å². The Bertz CT molecular complexity index is 767. The number of methoxy groups -OCH3 is 1. The summed E-state index contributed by atoms with van der Waals surface area (Å²) in [6.45, 7) is 1.46. The summed E-state index contributed by atoms with van der Waals surface area (Å²) in [5.74, 6) is -0.799. The van der Waals surface area contributed by atoms with E-state index in [0.717, 1.165) is 11.3 Å². The van der Waals surface area contributed by atoms with Gasteiger partial charge in [0, 0.05) is 6.42 Å². The minimum atomic E-state index is -0.967. The van der Waals surface area contributed by atoms with E-state index in [9.17, 15) is 14.0 Å². The smallest absolute Gasteiger partial charge is 0.279 e. The van der Waals surface area contributed by atoms with Crippen LogP contribution in [0.25, 0.3) is 0 Å². The fourth-order valence-electron chi connectivity index (χ4n) is 2.17. The summed E-state index contributed by atoms with van der Waals surface area (Å²) in [7, 11) is 1.58. The van der Waals surface area contributed by atoms with Crippen molar-refractivity contribution in [3.63, 3.8) is 0 Å². The van der Waals surface area contributed by atoms with Crippen LogP contribution in [0.5, 0.6) is 11.5 Å². The van der Waals surface area contributed by atoms with Crippen LogP contribution < -0.4 is 20.3 Å². The number of ether oxygens (including phenoxy) is 2. The molecule has 138 valence electrons. The molecule has 0 bridgehead atoms. The van der Waals surface area contributed by atoms with Crippen LogP contribution in [0.2, 0.25) is 0 Å². The Hall–Kier alpha value is -3.09. The number of nitrogens with one attached hydrogen (secondary N) is 2. The average Bonchev–Trinajstić information content (AvgIpc) is 2.66. The fraction of sp³-hybridized carbons (Fsp3) is 0.263. The summed E-state index contributed by atoms with van der Waals surface area (Å²) < 4.78 is 23.9. The maximum atomic E-state index is 13.5. The molecule has 1 unspecified atom stereocenters. The van der Waals surface area contributed by atoms with E-state index in [0.29, 0.717) is 6.42 Å². The van der Waals surface area contributed by atoms with Crippen molar-refractivity contribution in [1.29, 1.82) is 0 Å². The highest BCUT2D eigenvalue weighted by atomic mass is 19.1. The van der Waals surface area contributed by atoms with E-state index < -0.39 is 17.8 Å². The molecule has 0 aliphatic rings. The van der Waals surface area contributed by atoms with Gasteiger partial charge in [0.1, 0.15) is 5.75 Å². The first-order valence-electron chi connectivity index (χ1n) is 8.12. The van der Waals surface area contributed by atoms with Crippen molar-refractivity contribution < 1.29 is 23.5 Å². The number of carbonyl (C=O) groups is 2. The molecule has 0 heterocycles. The summed E-state index contributed by atoms with van der Waals surface area (Å²) in [6, 6.07) is 13.2. The number of amides is 2. The molecule has 1 atom stereocenters. The monoisotopic (exact) mass is 360 g/mol. The third-order valence-electron chi connectivity index (χ3n) is 3.61. The molecule has 0 aliphatic carbocycles. The number of para-hydroxylation sites is 1. The molecule has 2 amide bonds. The van der Waals surface area contributed by atoms with Gasteiger partial charge in [-0.15, -0.1) is 0 Å². The van der Waals surface area contributed by atoms with Crippen LogP contribution in [0.1, 0.15) is 18.9 Å². The molecule has 2 aromatic rings. The number of carbonyl (C=O) groups excluding carboxylic acids is 2. The van der Waals surface area contributed by atoms with Crippen LogP contribution in [0, 0.1) is 5.82 Å². The molecule has 0 aliphatic heterocycles. The van der Waals surface area contributed by atoms with E-state index in [1.54, 1.807) is 13.2 Å². The van der Waals surface area contributed by atoms with Gasteiger partial charge < -0.3 is 9.47 Å². The Kier molecular flexibility index (Phi) is 6.96. The van der Waals surface area contributed by atoms with Crippen LogP contribution in [-0.4, -0.2) is 25.0 Å². The lowest BCUT2D eigenvalue weighted by atomic mass is 10.1. The second-order valence-electron chi connectivity index (χ2n) is 5.58. The van der Waals surface area contributed by atoms with Gasteiger partial charge in [0.25, 0.3) is 5.91 Å². The molecule has 26 heavy (non-hydrogen) atoms. The minimum Gasteiger partial charge on any atom is -0.497 e. The molecule has 6 nitrogen and oxygen atoms in total. The summed E-state index contributed by atoms with van der Waals surface area (Å²) in [4.78, 5) is 23.8. The molecule has 2 rings (SSSR count). The minimum absolute atomic E-state index is 0.0282. The van der Waals surface area contributed by atoms with E-state index in [1.807, 2.05) is 24.3 Å². The Morgan fingerprint density at radius 1 is 1.12 bits per heavy atom. The molecule has 7 heteroatoms. The molecule has 0 aromatic heterocycles. The van der Waals surface area contributed by atoms with Gasteiger partial charge in [-0.2, -0.15) is 0 Å². The van der Waals surface area contributed by atoms with Gasteiger partial charge in [-0.25, -0.2) is 4.39 Å². The second-order valence-corrected chi connectivity index (χ2v) is 5.58. The van der Waals surface area contributed by atoms with Crippen molar-refractivity contribution in [2.75, 3.05) is 7.11 Å². The van der Waals surface area contributed by atoms with E-state index >= 15 is 0 Å². The second kappa shape index (κ2) is 9.41. The quantitative estimate of drug-likeness (QED) is 0.744. The van der Waals surface area contributed by atoms with Gasteiger partial charge in [-0.3, -0.25) is 20.4 Å². The summed E-state index contributed by atoms with van der Waals surface area (Å²) in [5, 5.41) is 0. The standard InChI is InChI=1S/C19H21FN2O4/c1-13(26-17-9-4-3-8-16(17)20)19(24)22-21-18(23)11-10-14-6-5-7-15(12-14)25-2/h3-9,12-13H,10-11H2,1-2H3,(H,21,23)(H,22,24). The summed E-state index contributed by atoms with van der Waals surface area (Å²) in [5.41, 5.74) is 5.54. The normalized spacial score (nSPS) is 11.3. The molecule has 0 saturated heterocycles. The zero-order chi connectivity index (χ0) is 18.9. The third-order valence-corrected chi connectivity index (χ3v) is 3.61. The van der Waals surface area contributed by atoms with E-state index in [2.05, 4.69) is 10.9 Å². The maximum absolute atomic E-state index is 13.5. The van der Waals surface area contributed by atoms with Crippen LogP contribution in [-0.2, 0) is 16.0 Å². The van der Waals surface area contributed by atoms with Crippen molar-refractivity contribution in [2.24, 2.45) is 0 Å². The van der Waals surface area contributed by atoms with Crippen LogP contribution in [0.15, 0.2) is 48.5 Å². The summed E-state index contributed by atoms with van der Waals surface area (Å²) in [6.07, 6.45) is -0.276. The molecule has 0 radical (unpaired) electrons. The number of hydrazine groups is 1. The van der Waals surface area contributed by atoms with Crippen molar-refractivity contribution in [2.45, 2.75) is 25.9 Å². The average molecular weight is 360 g/mol. The molecule has 0 fully saturated rings. The van der Waals surface area contributed by atoms with Gasteiger partial charge in [0.15, 0.2) is 17.7 Å². The lowest BCUT2D eigenvalue weighted by Crippen LogP contribution is -2.47. The predicted molar refractivity (Wildman–Crippen MR) is 94.1 cm³/mol. The third kappa shape index (κ3) is 5.77. The first-order chi connectivity index (χ1) is 12.5. The lowest BCUT2D eigenvalue weighted by Gasteiger charge is -2.15. The first-order valence-corrected chi connectivity index (χ1v) is 8.12. The van der Waals surface area contributed by atoms with Gasteiger partial charge in [-0.1, -0.05) is 24.3 Å². The highest BCUT2D eigenvalue weighted by Gasteiger charge is 2.17. The largest absolute Gasteiger partial charge is 0.497 e. The number of aryl methyl sites for hydroxylation is 1. The molecular formula is C19H21FN2O4. The predicted octanol–water partition coefficient (Wildman–Crippen LogP) is 2.38. The van der Waals surface area contributed by atoms with E-state index in [1.165, 1.54) is 25.1 Å².